The number of ketones is 1. The molecule has 0 aliphatic rings. The van der Waals surface area contributed by atoms with Crippen molar-refractivity contribution in [2.75, 3.05) is 6.54 Å². The van der Waals surface area contributed by atoms with Gasteiger partial charge >= 0.3 is 5.97 Å². The summed E-state index contributed by atoms with van der Waals surface area (Å²) in [5.74, 6) is 1.40. The van der Waals surface area contributed by atoms with Gasteiger partial charge in [0, 0.05) is 11.1 Å². The number of aliphatic hydroxyl groups is 2. The van der Waals surface area contributed by atoms with Gasteiger partial charge < -0.3 is 20.6 Å². The fraction of sp³-hybridized carbons (Fsp3) is 0.302. The van der Waals surface area contributed by atoms with E-state index in [9.17, 15) is 29.4 Å². The highest BCUT2D eigenvalue weighted by molar-refractivity contribution is 6.34. The molecule has 7 N–H and O–H groups in total. The van der Waals surface area contributed by atoms with Gasteiger partial charge in [-0.05, 0) is 73.9 Å². The minimum absolute atomic E-state index is 0.135. The number of carbonyl (C=O) groups is 4. The van der Waals surface area contributed by atoms with Crippen LogP contribution in [0.25, 0.3) is 9.69 Å². The molecule has 0 unspecified atom stereocenters. The van der Waals surface area contributed by atoms with Crippen molar-refractivity contribution in [2.24, 2.45) is 17.7 Å². The summed E-state index contributed by atoms with van der Waals surface area (Å²) in [6.45, 7) is 20.9. The molecule has 0 saturated carbocycles. The van der Waals surface area contributed by atoms with Crippen LogP contribution in [0.2, 0.25) is 10.0 Å². The molecule has 4 atom stereocenters. The molecule has 14 heteroatoms. The maximum absolute atomic E-state index is 12.6. The monoisotopic (exact) mass is 815 g/mol. The lowest BCUT2D eigenvalue weighted by Crippen LogP contribution is -2.40. The number of carboxylic acids is 1. The summed E-state index contributed by atoms with van der Waals surface area (Å²) in [7, 11) is 0. The molecule has 0 saturated heterocycles. The number of hydrogen-bond acceptors (Lipinski definition) is 7. The Balaban J connectivity index is 0.000000331. The minimum Gasteiger partial charge on any atom is -0.481 e. The maximum atomic E-state index is 12.6. The fourth-order valence-electron chi connectivity index (χ4n) is 5.74. The number of carboxylic acid groups (broad SMARTS) is 1. The number of benzene rings is 4. The number of Topliss-reactive ketones (excluding diaryl/α,β-unsaturated/α-hetero) is 1. The lowest BCUT2D eigenvalue weighted by atomic mass is 9.90. The summed E-state index contributed by atoms with van der Waals surface area (Å²) < 4.78 is 0. The summed E-state index contributed by atoms with van der Waals surface area (Å²) in [5.41, 5.74) is 7.04. The zero-order chi connectivity index (χ0) is 42.7. The zero-order valence-electron chi connectivity index (χ0n) is 32.1. The number of rotatable bonds is 14. The van der Waals surface area contributed by atoms with Gasteiger partial charge in [0.05, 0.1) is 53.8 Å². The molecule has 0 heterocycles. The van der Waals surface area contributed by atoms with Gasteiger partial charge in [0.1, 0.15) is 0 Å². The predicted octanol–water partition coefficient (Wildman–Crippen LogP) is 7.36. The molecular formula is C43H47Cl2N5O7. The van der Waals surface area contributed by atoms with E-state index in [4.69, 9.17) is 47.3 Å². The first-order valence-corrected chi connectivity index (χ1v) is 18.8. The van der Waals surface area contributed by atoms with Gasteiger partial charge in [-0.1, -0.05) is 110 Å². The number of nitrogens with one attached hydrogen (secondary N) is 2. The number of nitrogens with zero attached hydrogens (tertiary/aromatic N) is 2. The second-order valence-corrected chi connectivity index (χ2v) is 13.5. The van der Waals surface area contributed by atoms with Crippen molar-refractivity contribution >= 4 is 58.1 Å². The number of hydrogen-bond donors (Lipinski definition) is 6. The summed E-state index contributed by atoms with van der Waals surface area (Å²) in [4.78, 5) is 53.4. The molecule has 0 aromatic heterocycles. The molecule has 2 amide bonds. The topological polar surface area (TPSA) is 188 Å². The van der Waals surface area contributed by atoms with Crippen LogP contribution in [-0.4, -0.2) is 57.6 Å². The molecule has 0 spiro atoms. The largest absolute Gasteiger partial charge is 0.481 e. The summed E-state index contributed by atoms with van der Waals surface area (Å²) in [5, 5.41) is 32.1. The van der Waals surface area contributed by atoms with Crippen LogP contribution in [-0.2, 0) is 35.3 Å². The normalized spacial score (nSPS) is 12.3. The Morgan fingerprint density at radius 3 is 1.49 bits per heavy atom. The Morgan fingerprint density at radius 2 is 1.12 bits per heavy atom. The van der Waals surface area contributed by atoms with Gasteiger partial charge in [0.15, 0.2) is 5.78 Å². The molecule has 4 aromatic carbocycles. The van der Waals surface area contributed by atoms with Crippen molar-refractivity contribution < 1.29 is 34.5 Å². The van der Waals surface area contributed by atoms with Crippen LogP contribution in [0, 0.1) is 25.0 Å². The highest BCUT2D eigenvalue weighted by Crippen LogP contribution is 2.34. The zero-order valence-corrected chi connectivity index (χ0v) is 33.6. The average Bonchev–Trinajstić information content (AvgIpc) is 3.21. The number of nitrogen functional groups attached to an aromatic ring is 1. The fourth-order valence-corrected chi connectivity index (χ4v) is 6.46. The van der Waals surface area contributed by atoms with Crippen LogP contribution < -0.4 is 16.6 Å². The Bertz CT molecular complexity index is 2060. The second kappa shape index (κ2) is 24.1. The quantitative estimate of drug-likeness (QED) is 0.0250. The van der Waals surface area contributed by atoms with E-state index in [-0.39, 0.29) is 31.1 Å². The van der Waals surface area contributed by atoms with E-state index < -0.39 is 35.9 Å². The number of halogens is 2. The van der Waals surface area contributed by atoms with Crippen molar-refractivity contribution in [1.82, 2.24) is 10.7 Å². The third-order valence-electron chi connectivity index (χ3n) is 8.97. The highest BCUT2D eigenvalue weighted by atomic mass is 35.5. The van der Waals surface area contributed by atoms with Crippen LogP contribution in [0.4, 0.5) is 11.4 Å². The summed E-state index contributed by atoms with van der Waals surface area (Å²) >= 11 is 12.4. The lowest BCUT2D eigenvalue weighted by Gasteiger charge is -2.21. The van der Waals surface area contributed by atoms with Crippen molar-refractivity contribution in [3.8, 4) is 0 Å². The number of hydrazine groups is 1. The third kappa shape index (κ3) is 14.1. The number of amides is 2. The van der Waals surface area contributed by atoms with E-state index in [0.717, 1.165) is 22.3 Å². The van der Waals surface area contributed by atoms with Crippen LogP contribution in [0.3, 0.4) is 0 Å². The van der Waals surface area contributed by atoms with Gasteiger partial charge in [-0.3, -0.25) is 24.6 Å². The maximum Gasteiger partial charge on any atom is 0.309 e. The smallest absolute Gasteiger partial charge is 0.309 e. The second-order valence-electron chi connectivity index (χ2n) is 12.8. The van der Waals surface area contributed by atoms with Gasteiger partial charge in [0.25, 0.3) is 5.91 Å². The minimum atomic E-state index is -1.04. The highest BCUT2D eigenvalue weighted by Gasteiger charge is 2.27. The first-order valence-electron chi connectivity index (χ1n) is 18.0. The number of nitrogens with two attached hydrogens (primary N) is 1. The van der Waals surface area contributed by atoms with Crippen LogP contribution in [0.15, 0.2) is 84.9 Å². The van der Waals surface area contributed by atoms with E-state index in [1.54, 1.807) is 79.7 Å². The molecule has 57 heavy (non-hydrogen) atoms. The van der Waals surface area contributed by atoms with E-state index in [0.29, 0.717) is 45.4 Å². The molecule has 4 aromatic rings. The van der Waals surface area contributed by atoms with Crippen LogP contribution >= 0.6 is 23.2 Å². The average molecular weight is 817 g/mol. The Morgan fingerprint density at radius 1 is 0.702 bits per heavy atom. The van der Waals surface area contributed by atoms with E-state index in [1.807, 2.05) is 31.4 Å². The van der Waals surface area contributed by atoms with Gasteiger partial charge in [0.2, 0.25) is 17.3 Å². The Labute approximate surface area is 343 Å². The number of aliphatic hydroxyl groups excluding tert-OH is 2. The molecule has 4 rings (SSSR count). The van der Waals surface area contributed by atoms with Crippen LogP contribution in [0.5, 0.6) is 0 Å². The van der Waals surface area contributed by atoms with Crippen molar-refractivity contribution in [2.45, 2.75) is 65.6 Å². The third-order valence-corrected chi connectivity index (χ3v) is 9.82. The Kier molecular flexibility index (Phi) is 20.1. The molecule has 12 nitrogen and oxygen atoms in total. The Hall–Kier alpha value is -5.60. The predicted molar refractivity (Wildman–Crippen MR) is 221 cm³/mol. The molecule has 0 fully saturated rings. The van der Waals surface area contributed by atoms with E-state index in [1.165, 1.54) is 6.92 Å². The van der Waals surface area contributed by atoms with E-state index in [2.05, 4.69) is 15.0 Å². The molecule has 0 aliphatic heterocycles. The van der Waals surface area contributed by atoms with E-state index >= 15 is 0 Å². The standard InChI is InChI=1S/C22H23ClN2O3.C14H16ClNO3.C7H8N2O/c1-4-17-16(10-11-19(24-3)21(17)23)12-18(14(2)26)22(28)25-13-20(27)15-8-6-5-7-9-15;1-4-10-9(5-6-12(16-3)13(10)15)7-11(8(2)17)14(18)19;8-9-7(10)6-4-2-1-3-5-6/h5-11,14,18,26H,4,12-13H2,1-2H3,(H,25,28);5-6,8,11,17H,4,7H2,1-2H3,(H,18,19);1-5H,8H2,(H,9,10)/t14-,18+;8-,11+;/m00./s1. The van der Waals surface area contributed by atoms with Crippen LogP contribution in [0.1, 0.15) is 70.7 Å². The van der Waals surface area contributed by atoms with Crippen molar-refractivity contribution in [1.29, 1.82) is 0 Å². The van der Waals surface area contributed by atoms with Crippen molar-refractivity contribution in [3.05, 3.63) is 151 Å². The van der Waals surface area contributed by atoms with Crippen molar-refractivity contribution in [3.63, 3.8) is 0 Å². The number of aliphatic carboxylic acids is 1. The summed E-state index contributed by atoms with van der Waals surface area (Å²) in [6.07, 6.45) is -0.155. The molecular weight excluding hydrogens is 769 g/mol. The molecule has 0 aliphatic carbocycles. The van der Waals surface area contributed by atoms with Gasteiger partial charge in [-0.15, -0.1) is 0 Å². The summed E-state index contributed by atoms with van der Waals surface area (Å²) in [6, 6.07) is 24.2. The lowest BCUT2D eigenvalue weighted by molar-refractivity contribution is -0.145. The molecule has 0 radical (unpaired) electrons. The molecule has 0 bridgehead atoms. The first-order chi connectivity index (χ1) is 27.1. The van der Waals surface area contributed by atoms with Gasteiger partial charge in [-0.2, -0.15) is 0 Å². The SMILES string of the molecule is NNC(=O)c1ccccc1.[C-]#[N+]c1ccc(C[C@@H](C(=O)NCC(=O)c2ccccc2)[C@H](C)O)c(CC)c1Cl.[C-]#[N+]c1ccc(C[C@@H](C(=O)O)[C@H](C)O)c(CC)c1Cl. The first kappa shape index (κ1) is 47.6. The van der Waals surface area contributed by atoms with Gasteiger partial charge in [-0.25, -0.2) is 15.5 Å². The number of carbonyl (C=O) groups excluding carboxylic acids is 3. The molecule has 300 valence electrons.